The van der Waals surface area contributed by atoms with E-state index in [1.165, 1.54) is 11.3 Å². The lowest BCUT2D eigenvalue weighted by Gasteiger charge is -2.05. The van der Waals surface area contributed by atoms with Crippen LogP contribution in [0.25, 0.3) is 0 Å². The molecule has 18 heavy (non-hydrogen) atoms. The van der Waals surface area contributed by atoms with E-state index in [4.69, 9.17) is 16.3 Å². The maximum atomic E-state index is 11.5. The van der Waals surface area contributed by atoms with E-state index in [1.54, 1.807) is 30.5 Å². The average molecular weight is 284 g/mol. The molecule has 0 unspecified atom stereocenters. The van der Waals surface area contributed by atoms with Crippen LogP contribution in [0.15, 0.2) is 30.5 Å². The molecule has 0 aliphatic heterocycles. The molecule has 0 saturated carbocycles. The maximum Gasteiger partial charge on any atom is 0.348 e. The number of halogens is 1. The summed E-state index contributed by atoms with van der Waals surface area (Å²) in [6.07, 6.45) is 1.59. The number of ether oxygens (including phenoxy) is 1. The lowest BCUT2D eigenvalue weighted by atomic mass is 10.5. The molecule has 2 aromatic rings. The van der Waals surface area contributed by atoms with Gasteiger partial charge in [0.2, 0.25) is 0 Å². The van der Waals surface area contributed by atoms with E-state index in [2.05, 4.69) is 15.5 Å². The van der Waals surface area contributed by atoms with Gasteiger partial charge in [-0.15, -0.1) is 16.4 Å². The molecule has 0 saturated heterocycles. The fourth-order valence-electron chi connectivity index (χ4n) is 1.21. The summed E-state index contributed by atoms with van der Waals surface area (Å²) in [4.78, 5) is 12.0. The van der Waals surface area contributed by atoms with Crippen molar-refractivity contribution < 1.29 is 9.53 Å². The molecule has 5 nitrogen and oxygen atoms in total. The first-order chi connectivity index (χ1) is 8.75. The summed E-state index contributed by atoms with van der Waals surface area (Å²) in [5, 5.41) is 10.5. The van der Waals surface area contributed by atoms with Gasteiger partial charge in [0.05, 0.1) is 10.9 Å². The second-order valence-electron chi connectivity index (χ2n) is 3.28. The molecular formula is C11H10ClN3O2S. The first-order valence-electron chi connectivity index (χ1n) is 5.20. The standard InChI is InChI=1S/C11H10ClN3O2S/c12-9-4-3-8(18-9)11(16)17-7-6-13-10-2-1-5-14-15-10/h1-5H,6-7H2,(H,13,15). The number of carbonyl (C=O) groups excluding carboxylic acids is 1. The number of thiophene rings is 1. The Kier molecular flexibility index (Phi) is 4.49. The fourth-order valence-corrected chi connectivity index (χ4v) is 2.15. The summed E-state index contributed by atoms with van der Waals surface area (Å²) in [7, 11) is 0. The molecular weight excluding hydrogens is 274 g/mol. The molecule has 0 aromatic carbocycles. The summed E-state index contributed by atoms with van der Waals surface area (Å²) >= 11 is 6.93. The lowest BCUT2D eigenvalue weighted by Crippen LogP contribution is -2.13. The zero-order valence-corrected chi connectivity index (χ0v) is 10.9. The van der Waals surface area contributed by atoms with Gasteiger partial charge in [0.1, 0.15) is 17.3 Å². The number of carbonyl (C=O) groups is 1. The molecule has 2 aromatic heterocycles. The SMILES string of the molecule is O=C(OCCNc1cccnn1)c1ccc(Cl)s1. The van der Waals surface area contributed by atoms with E-state index in [0.717, 1.165) is 0 Å². The van der Waals surface area contributed by atoms with Crippen LogP contribution in [-0.2, 0) is 4.74 Å². The minimum Gasteiger partial charge on any atom is -0.460 e. The second-order valence-corrected chi connectivity index (χ2v) is 4.99. The van der Waals surface area contributed by atoms with Gasteiger partial charge in [-0.1, -0.05) is 11.6 Å². The highest BCUT2D eigenvalue weighted by atomic mass is 35.5. The molecule has 0 spiro atoms. The van der Waals surface area contributed by atoms with Crippen molar-refractivity contribution in [3.05, 3.63) is 39.7 Å². The Morgan fingerprint density at radius 1 is 1.44 bits per heavy atom. The average Bonchev–Trinajstić information content (AvgIpc) is 2.82. The molecule has 0 aliphatic rings. The van der Waals surface area contributed by atoms with Gasteiger partial charge in [-0.25, -0.2) is 4.79 Å². The van der Waals surface area contributed by atoms with Crippen LogP contribution in [0.2, 0.25) is 4.34 Å². The molecule has 2 rings (SSSR count). The van der Waals surface area contributed by atoms with Crippen LogP contribution in [-0.4, -0.2) is 29.3 Å². The topological polar surface area (TPSA) is 64.1 Å². The van der Waals surface area contributed by atoms with E-state index in [-0.39, 0.29) is 12.6 Å². The summed E-state index contributed by atoms with van der Waals surface area (Å²) in [5.41, 5.74) is 0. The molecule has 0 fully saturated rings. The molecule has 0 bridgehead atoms. The quantitative estimate of drug-likeness (QED) is 0.674. The minimum atomic E-state index is -0.368. The van der Waals surface area contributed by atoms with Crippen molar-refractivity contribution in [3.63, 3.8) is 0 Å². The number of anilines is 1. The van der Waals surface area contributed by atoms with Crippen LogP contribution in [0, 0.1) is 0 Å². The molecule has 7 heteroatoms. The van der Waals surface area contributed by atoms with Crippen molar-refractivity contribution in [1.29, 1.82) is 0 Å². The highest BCUT2D eigenvalue weighted by Crippen LogP contribution is 2.21. The van der Waals surface area contributed by atoms with Crippen LogP contribution in [0.4, 0.5) is 5.82 Å². The molecule has 0 atom stereocenters. The van der Waals surface area contributed by atoms with Gasteiger partial charge in [-0.3, -0.25) is 0 Å². The van der Waals surface area contributed by atoms with Crippen molar-refractivity contribution >= 4 is 34.7 Å². The number of rotatable bonds is 5. The molecule has 0 amide bonds. The van der Waals surface area contributed by atoms with Crippen molar-refractivity contribution in [2.75, 3.05) is 18.5 Å². The van der Waals surface area contributed by atoms with Crippen LogP contribution >= 0.6 is 22.9 Å². The first-order valence-corrected chi connectivity index (χ1v) is 6.39. The second kappa shape index (κ2) is 6.32. The molecule has 0 aliphatic carbocycles. The summed E-state index contributed by atoms with van der Waals surface area (Å²) in [5.74, 6) is 0.278. The zero-order chi connectivity index (χ0) is 12.8. The van der Waals surface area contributed by atoms with Gasteiger partial charge in [0.25, 0.3) is 0 Å². The minimum absolute atomic E-state index is 0.255. The molecule has 1 N–H and O–H groups in total. The number of nitrogens with zero attached hydrogens (tertiary/aromatic N) is 2. The number of hydrogen-bond acceptors (Lipinski definition) is 6. The van der Waals surface area contributed by atoms with Gasteiger partial charge in [0.15, 0.2) is 0 Å². The van der Waals surface area contributed by atoms with Gasteiger partial charge in [0, 0.05) is 6.20 Å². The third kappa shape index (κ3) is 3.68. The number of esters is 1. The van der Waals surface area contributed by atoms with Gasteiger partial charge in [-0.05, 0) is 24.3 Å². The monoisotopic (exact) mass is 283 g/mol. The van der Waals surface area contributed by atoms with Crippen molar-refractivity contribution in [3.8, 4) is 0 Å². The summed E-state index contributed by atoms with van der Waals surface area (Å²) in [6.45, 7) is 0.731. The van der Waals surface area contributed by atoms with Gasteiger partial charge in [-0.2, -0.15) is 5.10 Å². The summed E-state index contributed by atoms with van der Waals surface area (Å²) in [6, 6.07) is 6.87. The summed E-state index contributed by atoms with van der Waals surface area (Å²) < 4.78 is 5.63. The maximum absolute atomic E-state index is 11.5. The fraction of sp³-hybridized carbons (Fsp3) is 0.182. The van der Waals surface area contributed by atoms with Crippen molar-refractivity contribution in [2.45, 2.75) is 0 Å². The van der Waals surface area contributed by atoms with Gasteiger partial charge >= 0.3 is 5.97 Å². The first kappa shape index (κ1) is 12.8. The van der Waals surface area contributed by atoms with E-state index in [0.29, 0.717) is 21.6 Å². The van der Waals surface area contributed by atoms with Crippen molar-refractivity contribution in [2.24, 2.45) is 0 Å². The Hall–Kier alpha value is -1.66. The highest BCUT2D eigenvalue weighted by Gasteiger charge is 2.09. The Labute approximate surface area is 113 Å². The smallest absolute Gasteiger partial charge is 0.348 e. The number of nitrogens with one attached hydrogen (secondary N) is 1. The van der Waals surface area contributed by atoms with Crippen LogP contribution in [0.5, 0.6) is 0 Å². The Morgan fingerprint density at radius 3 is 3.00 bits per heavy atom. The Balaban J connectivity index is 1.71. The van der Waals surface area contributed by atoms with Crippen LogP contribution in [0.1, 0.15) is 9.67 Å². The van der Waals surface area contributed by atoms with E-state index in [9.17, 15) is 4.79 Å². The third-order valence-electron chi connectivity index (χ3n) is 1.99. The highest BCUT2D eigenvalue weighted by molar-refractivity contribution is 7.17. The lowest BCUT2D eigenvalue weighted by molar-refractivity contribution is 0.0526. The van der Waals surface area contributed by atoms with Gasteiger partial charge < -0.3 is 10.1 Å². The molecule has 0 radical (unpaired) electrons. The Morgan fingerprint density at radius 2 is 2.33 bits per heavy atom. The predicted molar refractivity (Wildman–Crippen MR) is 70.1 cm³/mol. The van der Waals surface area contributed by atoms with E-state index >= 15 is 0 Å². The predicted octanol–water partition coefficient (Wildman–Crippen LogP) is 2.46. The zero-order valence-electron chi connectivity index (χ0n) is 9.30. The van der Waals surface area contributed by atoms with Crippen molar-refractivity contribution in [1.82, 2.24) is 10.2 Å². The molecule has 2 heterocycles. The number of hydrogen-bond donors (Lipinski definition) is 1. The normalized spacial score (nSPS) is 10.1. The molecule has 94 valence electrons. The van der Waals surface area contributed by atoms with E-state index < -0.39 is 0 Å². The van der Waals surface area contributed by atoms with Crippen LogP contribution < -0.4 is 5.32 Å². The number of aromatic nitrogens is 2. The Bertz CT molecular complexity index is 518. The third-order valence-corrected chi connectivity index (χ3v) is 3.20. The van der Waals surface area contributed by atoms with E-state index in [1.807, 2.05) is 0 Å². The largest absolute Gasteiger partial charge is 0.460 e. The van der Waals surface area contributed by atoms with Crippen LogP contribution in [0.3, 0.4) is 0 Å².